The molecule has 0 bridgehead atoms. The first-order valence-electron chi connectivity index (χ1n) is 20.0. The SMILES string of the molecule is COc1cc(N2CCN(CCCCCCCCNC(=O)CC(C)(C)C)CC2)ccc1Nc1ncc2c(C)cc(=O)n(-c3cccc(NC(=O)C4CC4)c3)c2n1. The molecule has 12 heteroatoms. The Morgan fingerprint density at radius 2 is 1.65 bits per heavy atom. The van der Waals surface area contributed by atoms with E-state index >= 15 is 0 Å². The molecule has 55 heavy (non-hydrogen) atoms. The van der Waals surface area contributed by atoms with Crippen molar-refractivity contribution in [1.82, 2.24) is 24.8 Å². The Labute approximate surface area is 325 Å². The summed E-state index contributed by atoms with van der Waals surface area (Å²) in [5.74, 6) is 1.26. The zero-order chi connectivity index (χ0) is 39.0. The van der Waals surface area contributed by atoms with E-state index in [0.29, 0.717) is 35.1 Å². The van der Waals surface area contributed by atoms with Gasteiger partial charge in [0.25, 0.3) is 5.56 Å². The summed E-state index contributed by atoms with van der Waals surface area (Å²) in [4.78, 5) is 52.2. The summed E-state index contributed by atoms with van der Waals surface area (Å²) in [5.41, 5.74) is 4.15. The van der Waals surface area contributed by atoms with Gasteiger partial charge in [-0.05, 0) is 80.5 Å². The van der Waals surface area contributed by atoms with Crippen molar-refractivity contribution in [2.75, 3.05) is 61.9 Å². The lowest BCUT2D eigenvalue weighted by Gasteiger charge is -2.36. The van der Waals surface area contributed by atoms with Gasteiger partial charge >= 0.3 is 0 Å². The van der Waals surface area contributed by atoms with Gasteiger partial charge in [-0.15, -0.1) is 0 Å². The molecular weight excluding hydrogens is 693 g/mol. The van der Waals surface area contributed by atoms with E-state index in [1.165, 1.54) is 32.1 Å². The molecule has 0 spiro atoms. The molecule has 3 heterocycles. The Morgan fingerprint density at radius 3 is 2.38 bits per heavy atom. The topological polar surface area (TPSA) is 134 Å². The number of fused-ring (bicyclic) bond motifs is 1. The van der Waals surface area contributed by atoms with E-state index in [1.54, 1.807) is 30.0 Å². The second-order valence-electron chi connectivity index (χ2n) is 16.3. The molecule has 6 rings (SSSR count). The molecule has 0 atom stereocenters. The first-order chi connectivity index (χ1) is 26.5. The minimum absolute atomic E-state index is 0.00935. The summed E-state index contributed by atoms with van der Waals surface area (Å²) >= 11 is 0. The molecule has 1 aliphatic heterocycles. The average molecular weight is 751 g/mol. The van der Waals surface area contributed by atoms with Crippen molar-refractivity contribution in [2.24, 2.45) is 11.3 Å². The van der Waals surface area contributed by atoms with Gasteiger partial charge in [-0.3, -0.25) is 23.9 Å². The number of carbonyl (C=O) groups is 2. The first-order valence-corrected chi connectivity index (χ1v) is 20.0. The number of aromatic nitrogens is 3. The van der Waals surface area contributed by atoms with Crippen molar-refractivity contribution in [2.45, 2.75) is 85.5 Å². The van der Waals surface area contributed by atoms with Gasteiger partial charge in [0.05, 0.1) is 18.5 Å². The number of methoxy groups -OCH3 is 1. The Balaban J connectivity index is 1.00. The van der Waals surface area contributed by atoms with Crippen LogP contribution in [0.5, 0.6) is 5.75 Å². The van der Waals surface area contributed by atoms with Crippen molar-refractivity contribution in [3.05, 3.63) is 70.6 Å². The van der Waals surface area contributed by atoms with Crippen molar-refractivity contribution in [3.63, 3.8) is 0 Å². The molecule has 0 unspecified atom stereocenters. The molecule has 2 aliphatic rings. The van der Waals surface area contributed by atoms with Crippen molar-refractivity contribution in [1.29, 1.82) is 0 Å². The number of rotatable bonds is 17. The van der Waals surface area contributed by atoms with Crippen LogP contribution in [-0.4, -0.2) is 77.6 Å². The Morgan fingerprint density at radius 1 is 0.909 bits per heavy atom. The molecule has 0 radical (unpaired) electrons. The number of carbonyl (C=O) groups excluding carboxylic acids is 2. The summed E-state index contributed by atoms with van der Waals surface area (Å²) in [6.45, 7) is 14.0. The average Bonchev–Trinajstić information content (AvgIpc) is 4.00. The molecular formula is C43H58N8O4. The first kappa shape index (κ1) is 39.7. The highest BCUT2D eigenvalue weighted by Gasteiger charge is 2.29. The molecule has 1 saturated heterocycles. The Bertz CT molecular complexity index is 2010. The molecule has 3 N–H and O–H groups in total. The van der Waals surface area contributed by atoms with E-state index in [4.69, 9.17) is 9.72 Å². The molecule has 2 aromatic heterocycles. The second kappa shape index (κ2) is 18.1. The van der Waals surface area contributed by atoms with E-state index in [-0.39, 0.29) is 28.7 Å². The van der Waals surface area contributed by atoms with Crippen LogP contribution in [0.4, 0.5) is 23.0 Å². The van der Waals surface area contributed by atoms with E-state index in [1.807, 2.05) is 31.2 Å². The van der Waals surface area contributed by atoms with Gasteiger partial charge in [-0.2, -0.15) is 4.98 Å². The summed E-state index contributed by atoms with van der Waals surface area (Å²) in [5, 5.41) is 10.1. The van der Waals surface area contributed by atoms with Crippen LogP contribution in [0.1, 0.15) is 84.1 Å². The third-order valence-corrected chi connectivity index (χ3v) is 10.4. The number of anilines is 4. The molecule has 1 aliphatic carbocycles. The van der Waals surface area contributed by atoms with Crippen LogP contribution >= 0.6 is 0 Å². The fourth-order valence-corrected chi connectivity index (χ4v) is 7.15. The minimum atomic E-state index is -0.219. The predicted molar refractivity (Wildman–Crippen MR) is 221 cm³/mol. The van der Waals surface area contributed by atoms with Crippen molar-refractivity contribution < 1.29 is 14.3 Å². The van der Waals surface area contributed by atoms with Crippen molar-refractivity contribution >= 4 is 45.9 Å². The number of benzene rings is 2. The smallest absolute Gasteiger partial charge is 0.257 e. The summed E-state index contributed by atoms with van der Waals surface area (Å²) < 4.78 is 7.38. The van der Waals surface area contributed by atoms with Crippen LogP contribution in [0.25, 0.3) is 16.7 Å². The van der Waals surface area contributed by atoms with Crippen molar-refractivity contribution in [3.8, 4) is 11.4 Å². The third-order valence-electron chi connectivity index (χ3n) is 10.4. The summed E-state index contributed by atoms with van der Waals surface area (Å²) in [6.07, 6.45) is 11.3. The lowest BCUT2D eigenvalue weighted by atomic mass is 9.92. The maximum absolute atomic E-state index is 13.4. The molecule has 12 nitrogen and oxygen atoms in total. The van der Waals surface area contributed by atoms with Gasteiger partial charge in [-0.25, -0.2) is 4.98 Å². The number of aryl methyl sites for hydroxylation is 1. The van der Waals surface area contributed by atoms with Gasteiger partial charge in [0, 0.05) is 80.2 Å². The molecule has 2 aromatic carbocycles. The third kappa shape index (κ3) is 11.1. The number of nitrogens with zero attached hydrogens (tertiary/aromatic N) is 5. The van der Waals surface area contributed by atoms with Gasteiger partial charge in [0.1, 0.15) is 5.75 Å². The largest absolute Gasteiger partial charge is 0.494 e. The maximum atomic E-state index is 13.4. The van der Waals surface area contributed by atoms with Gasteiger partial charge < -0.3 is 25.6 Å². The monoisotopic (exact) mass is 750 g/mol. The lowest BCUT2D eigenvalue weighted by Crippen LogP contribution is -2.46. The van der Waals surface area contributed by atoms with Crippen LogP contribution in [-0.2, 0) is 9.59 Å². The quantitative estimate of drug-likeness (QED) is 0.0959. The number of pyridine rings is 1. The zero-order valence-corrected chi connectivity index (χ0v) is 33.2. The lowest BCUT2D eigenvalue weighted by molar-refractivity contribution is -0.122. The molecule has 1 saturated carbocycles. The van der Waals surface area contributed by atoms with Crippen LogP contribution in [0.3, 0.4) is 0 Å². The molecule has 2 fully saturated rings. The normalized spacial score (nSPS) is 14.9. The van der Waals surface area contributed by atoms with E-state index in [0.717, 1.165) is 80.9 Å². The van der Waals surface area contributed by atoms with Crippen LogP contribution in [0.2, 0.25) is 0 Å². The summed E-state index contributed by atoms with van der Waals surface area (Å²) in [6, 6.07) is 15.0. The number of hydrogen-bond donors (Lipinski definition) is 3. The highest BCUT2D eigenvalue weighted by Crippen LogP contribution is 2.33. The Kier molecular flexibility index (Phi) is 13.1. The molecule has 4 aromatic rings. The second-order valence-corrected chi connectivity index (χ2v) is 16.3. The van der Waals surface area contributed by atoms with E-state index in [2.05, 4.69) is 63.6 Å². The number of ether oxygens (including phenoxy) is 1. The predicted octanol–water partition coefficient (Wildman–Crippen LogP) is 7.20. The fraction of sp³-hybridized carbons (Fsp3) is 0.512. The zero-order valence-electron chi connectivity index (χ0n) is 33.2. The van der Waals surface area contributed by atoms with Crippen LogP contribution in [0, 0.1) is 18.3 Å². The molecule has 2 amide bonds. The fourth-order valence-electron chi connectivity index (χ4n) is 7.15. The highest BCUT2D eigenvalue weighted by atomic mass is 16.5. The van der Waals surface area contributed by atoms with Gasteiger partial charge in [-0.1, -0.05) is 52.5 Å². The number of hydrogen-bond acceptors (Lipinski definition) is 9. The maximum Gasteiger partial charge on any atom is 0.257 e. The van der Waals surface area contributed by atoms with Gasteiger partial charge in [0.2, 0.25) is 17.8 Å². The van der Waals surface area contributed by atoms with Gasteiger partial charge in [0.15, 0.2) is 5.65 Å². The summed E-state index contributed by atoms with van der Waals surface area (Å²) in [7, 11) is 1.66. The molecule has 294 valence electrons. The number of nitrogens with one attached hydrogen (secondary N) is 3. The Hall–Kier alpha value is -4.97. The number of piperazine rings is 1. The number of unbranched alkanes of at least 4 members (excludes halogenated alkanes) is 5. The number of amides is 2. The standard InChI is InChI=1S/C43H58N8O4/c1-30-25-39(53)51(34-14-12-13-32(26-34)46-41(54)31-15-16-31)40-35(30)29-45-42(48-40)47-36-18-17-33(27-37(36)55-5)50-23-21-49(22-24-50)20-11-9-7-6-8-10-19-44-38(52)28-43(2,3)4/h12-14,17-18,25-27,29,31H,6-11,15-16,19-24,28H2,1-5H3,(H,44,52)(H,46,54)(H,45,47,48). The van der Waals surface area contributed by atoms with Crippen LogP contribution < -0.4 is 31.1 Å². The highest BCUT2D eigenvalue weighted by molar-refractivity contribution is 5.94. The van der Waals surface area contributed by atoms with E-state index in [9.17, 15) is 14.4 Å². The van der Waals surface area contributed by atoms with Crippen LogP contribution in [0.15, 0.2) is 59.5 Å². The van der Waals surface area contributed by atoms with E-state index < -0.39 is 0 Å². The minimum Gasteiger partial charge on any atom is -0.494 e.